The third kappa shape index (κ3) is 3.47. The zero-order valence-electron chi connectivity index (χ0n) is 8.40. The maximum Gasteiger partial charge on any atom is 0.316 e. The van der Waals surface area contributed by atoms with Gasteiger partial charge >= 0.3 is 12.0 Å². The van der Waals surface area contributed by atoms with E-state index in [-0.39, 0.29) is 12.6 Å². The van der Waals surface area contributed by atoms with Gasteiger partial charge in [-0.15, -0.1) is 0 Å². The molecule has 82 valence electrons. The Morgan fingerprint density at radius 1 is 1.53 bits per heavy atom. The minimum atomic E-state index is -0.948. The highest BCUT2D eigenvalue weighted by atomic mass is 79.9. The standard InChI is InChI=1S/C9H11BrN2O3/c1-9(2,7(13)14)5-15-8-11-3-6(10)4-12-8/h3-4H,5H2,1-2H3,(H,13,14). The van der Waals surface area contributed by atoms with Gasteiger partial charge < -0.3 is 9.84 Å². The van der Waals surface area contributed by atoms with E-state index in [0.29, 0.717) is 0 Å². The minimum Gasteiger partial charge on any atom is -0.481 e. The van der Waals surface area contributed by atoms with Crippen molar-refractivity contribution >= 4 is 21.9 Å². The molecule has 0 aliphatic carbocycles. The molecular weight excluding hydrogens is 264 g/mol. The van der Waals surface area contributed by atoms with E-state index in [0.717, 1.165) is 4.47 Å². The van der Waals surface area contributed by atoms with Gasteiger partial charge in [0.2, 0.25) is 0 Å². The summed E-state index contributed by atoms with van der Waals surface area (Å²) in [7, 11) is 0. The van der Waals surface area contributed by atoms with Crippen molar-refractivity contribution < 1.29 is 14.6 Å². The molecule has 0 aromatic carbocycles. The Morgan fingerprint density at radius 2 is 2.07 bits per heavy atom. The van der Waals surface area contributed by atoms with Crippen LogP contribution in [0.4, 0.5) is 0 Å². The fourth-order valence-electron chi connectivity index (χ4n) is 0.682. The van der Waals surface area contributed by atoms with Crippen LogP contribution in [0.2, 0.25) is 0 Å². The normalized spacial score (nSPS) is 11.1. The van der Waals surface area contributed by atoms with Gasteiger partial charge in [-0.2, -0.15) is 0 Å². The summed E-state index contributed by atoms with van der Waals surface area (Å²) in [6.45, 7) is 3.19. The summed E-state index contributed by atoms with van der Waals surface area (Å²) < 4.78 is 5.91. The summed E-state index contributed by atoms with van der Waals surface area (Å²) in [4.78, 5) is 18.5. The number of hydrogen-bond acceptors (Lipinski definition) is 4. The molecule has 0 amide bonds. The monoisotopic (exact) mass is 274 g/mol. The number of aromatic nitrogens is 2. The zero-order valence-corrected chi connectivity index (χ0v) is 9.98. The van der Waals surface area contributed by atoms with Crippen molar-refractivity contribution in [3.63, 3.8) is 0 Å². The topological polar surface area (TPSA) is 72.3 Å². The number of ether oxygens (including phenoxy) is 1. The number of aliphatic carboxylic acids is 1. The highest BCUT2D eigenvalue weighted by molar-refractivity contribution is 9.10. The Kier molecular flexibility index (Phi) is 3.62. The first-order valence-corrected chi connectivity index (χ1v) is 5.05. The molecular formula is C9H11BrN2O3. The molecule has 1 aromatic heterocycles. The molecule has 0 bridgehead atoms. The van der Waals surface area contributed by atoms with Crippen molar-refractivity contribution in [2.75, 3.05) is 6.61 Å². The third-order valence-corrected chi connectivity index (χ3v) is 2.15. The summed E-state index contributed by atoms with van der Waals surface area (Å²) in [6, 6.07) is 0.174. The fraction of sp³-hybridized carbons (Fsp3) is 0.444. The Labute approximate surface area is 95.6 Å². The largest absolute Gasteiger partial charge is 0.481 e. The van der Waals surface area contributed by atoms with E-state index < -0.39 is 11.4 Å². The molecule has 6 heteroatoms. The highest BCUT2D eigenvalue weighted by Gasteiger charge is 2.28. The van der Waals surface area contributed by atoms with E-state index in [1.165, 1.54) is 12.4 Å². The number of rotatable bonds is 4. The summed E-state index contributed by atoms with van der Waals surface area (Å²) in [5.74, 6) is -0.917. The number of carboxylic acids is 1. The number of carbonyl (C=O) groups is 1. The van der Waals surface area contributed by atoms with Crippen LogP contribution in [0, 0.1) is 5.41 Å². The molecule has 5 nitrogen and oxygen atoms in total. The van der Waals surface area contributed by atoms with Crippen molar-refractivity contribution in [2.24, 2.45) is 5.41 Å². The van der Waals surface area contributed by atoms with Crippen LogP contribution in [0.25, 0.3) is 0 Å². The lowest BCUT2D eigenvalue weighted by Gasteiger charge is -2.18. The lowest BCUT2D eigenvalue weighted by Crippen LogP contribution is -2.31. The van der Waals surface area contributed by atoms with E-state index in [4.69, 9.17) is 9.84 Å². The second kappa shape index (κ2) is 4.57. The first kappa shape index (κ1) is 11.9. The van der Waals surface area contributed by atoms with Gasteiger partial charge in [0.1, 0.15) is 6.61 Å². The second-order valence-corrected chi connectivity index (χ2v) is 4.58. The molecule has 1 heterocycles. The molecule has 0 saturated heterocycles. The smallest absolute Gasteiger partial charge is 0.316 e. The van der Waals surface area contributed by atoms with Gasteiger partial charge in [-0.3, -0.25) is 4.79 Å². The lowest BCUT2D eigenvalue weighted by molar-refractivity contribution is -0.148. The summed E-state index contributed by atoms with van der Waals surface area (Å²) in [5, 5.41) is 8.84. The van der Waals surface area contributed by atoms with Gasteiger partial charge in [-0.25, -0.2) is 9.97 Å². The van der Waals surface area contributed by atoms with Crippen LogP contribution in [0.1, 0.15) is 13.8 Å². The van der Waals surface area contributed by atoms with E-state index in [1.54, 1.807) is 13.8 Å². The number of halogens is 1. The predicted molar refractivity (Wildman–Crippen MR) is 56.6 cm³/mol. The summed E-state index contributed by atoms with van der Waals surface area (Å²) in [6.07, 6.45) is 3.08. The lowest BCUT2D eigenvalue weighted by atomic mass is 9.95. The molecule has 0 unspecified atom stereocenters. The molecule has 0 aliphatic rings. The van der Waals surface area contributed by atoms with Crippen molar-refractivity contribution in [3.05, 3.63) is 16.9 Å². The van der Waals surface area contributed by atoms with Crippen LogP contribution in [0.3, 0.4) is 0 Å². The molecule has 0 spiro atoms. The molecule has 1 aromatic rings. The molecule has 0 aliphatic heterocycles. The van der Waals surface area contributed by atoms with Crippen molar-refractivity contribution in [2.45, 2.75) is 13.8 Å². The second-order valence-electron chi connectivity index (χ2n) is 3.66. The van der Waals surface area contributed by atoms with E-state index >= 15 is 0 Å². The number of nitrogens with zero attached hydrogens (tertiary/aromatic N) is 2. The molecule has 0 atom stereocenters. The van der Waals surface area contributed by atoms with Gasteiger partial charge in [-0.05, 0) is 29.8 Å². The Balaban J connectivity index is 2.57. The maximum absolute atomic E-state index is 10.8. The quantitative estimate of drug-likeness (QED) is 0.905. The molecule has 0 fully saturated rings. The minimum absolute atomic E-state index is 0.0317. The van der Waals surface area contributed by atoms with E-state index in [9.17, 15) is 4.79 Å². The first-order chi connectivity index (χ1) is 6.92. The molecule has 0 radical (unpaired) electrons. The summed E-state index contributed by atoms with van der Waals surface area (Å²) in [5.41, 5.74) is -0.948. The molecule has 15 heavy (non-hydrogen) atoms. The van der Waals surface area contributed by atoms with Gasteiger partial charge in [0, 0.05) is 12.4 Å². The number of hydrogen-bond donors (Lipinski definition) is 1. The Morgan fingerprint density at radius 3 is 2.53 bits per heavy atom. The Hall–Kier alpha value is -1.17. The molecule has 1 rings (SSSR count). The predicted octanol–water partition coefficient (Wildman–Crippen LogP) is 1.73. The van der Waals surface area contributed by atoms with Crippen LogP contribution < -0.4 is 4.74 Å². The van der Waals surface area contributed by atoms with Gasteiger partial charge in [0.05, 0.1) is 9.89 Å². The van der Waals surface area contributed by atoms with Crippen LogP contribution in [-0.4, -0.2) is 27.7 Å². The van der Waals surface area contributed by atoms with E-state index in [1.807, 2.05) is 0 Å². The van der Waals surface area contributed by atoms with Crippen molar-refractivity contribution in [3.8, 4) is 6.01 Å². The van der Waals surface area contributed by atoms with Gasteiger partial charge in [-0.1, -0.05) is 0 Å². The highest BCUT2D eigenvalue weighted by Crippen LogP contribution is 2.17. The maximum atomic E-state index is 10.8. The van der Waals surface area contributed by atoms with Crippen molar-refractivity contribution in [1.82, 2.24) is 9.97 Å². The van der Waals surface area contributed by atoms with Crippen LogP contribution in [0.5, 0.6) is 6.01 Å². The van der Waals surface area contributed by atoms with Crippen LogP contribution >= 0.6 is 15.9 Å². The molecule has 0 saturated carbocycles. The van der Waals surface area contributed by atoms with E-state index in [2.05, 4.69) is 25.9 Å². The average molecular weight is 275 g/mol. The van der Waals surface area contributed by atoms with Crippen molar-refractivity contribution in [1.29, 1.82) is 0 Å². The average Bonchev–Trinajstić information content (AvgIpc) is 2.17. The third-order valence-electron chi connectivity index (χ3n) is 1.74. The van der Waals surface area contributed by atoms with Gasteiger partial charge in [0.25, 0.3) is 0 Å². The Bertz CT molecular complexity index is 351. The van der Waals surface area contributed by atoms with Gasteiger partial charge in [0.15, 0.2) is 0 Å². The first-order valence-electron chi connectivity index (χ1n) is 4.25. The number of carboxylic acid groups (broad SMARTS) is 1. The zero-order chi connectivity index (χ0) is 11.5. The molecule has 1 N–H and O–H groups in total. The fourth-order valence-corrected chi connectivity index (χ4v) is 0.886. The SMILES string of the molecule is CC(C)(COc1ncc(Br)cn1)C(=O)O. The van der Waals surface area contributed by atoms with Crippen LogP contribution in [0.15, 0.2) is 16.9 Å². The summed E-state index contributed by atoms with van der Waals surface area (Å²) >= 11 is 3.18. The van der Waals surface area contributed by atoms with Crippen LogP contribution in [-0.2, 0) is 4.79 Å².